The summed E-state index contributed by atoms with van der Waals surface area (Å²) in [6.07, 6.45) is -2.18. The summed E-state index contributed by atoms with van der Waals surface area (Å²) >= 11 is 0. The Labute approximate surface area is 137 Å². The fraction of sp³-hybridized carbons (Fsp3) is 0.438. The number of alkyl carbamates (subject to hydrolysis) is 1. The smallest absolute Gasteiger partial charge is 0.407 e. The summed E-state index contributed by atoms with van der Waals surface area (Å²) in [4.78, 5) is 13.4. The van der Waals surface area contributed by atoms with Gasteiger partial charge in [0.15, 0.2) is 2.82 Å². The Morgan fingerprint density at radius 2 is 2.48 bits per heavy atom. The minimum absolute atomic E-state index is 0.0119. The Bertz CT molecular complexity index is 1040. The SMILES string of the molecule is [2H]c1c(C[C@@]2([2H])COC(=O)N2[2H])c([2H])c2c(CC([2H])([2H])N(C)C)c([2H])n([2H])c2c1[2H]. The predicted octanol–water partition coefficient (Wildman–Crippen LogP) is 1.92. The highest BCUT2D eigenvalue weighted by atomic mass is 16.6. The molecule has 0 saturated carbocycles. The van der Waals surface area contributed by atoms with Crippen molar-refractivity contribution >= 4 is 17.0 Å². The van der Waals surface area contributed by atoms with Gasteiger partial charge in [-0.2, -0.15) is 0 Å². The molecule has 5 nitrogen and oxygen atoms in total. The molecule has 0 radical (unpaired) electrons. The molecule has 1 aromatic heterocycles. The average Bonchev–Trinajstić information content (AvgIpc) is 3.06. The molecule has 2 heterocycles. The van der Waals surface area contributed by atoms with E-state index < -0.39 is 49.9 Å². The maximum atomic E-state index is 11.5. The number of H-pyrrole nitrogens is 1. The largest absolute Gasteiger partial charge is 0.447 e. The van der Waals surface area contributed by atoms with E-state index in [-0.39, 0.29) is 34.5 Å². The quantitative estimate of drug-likeness (QED) is 0.886. The topological polar surface area (TPSA) is 57.4 Å². The lowest BCUT2D eigenvalue weighted by Gasteiger charge is -2.09. The summed E-state index contributed by atoms with van der Waals surface area (Å²) in [6.45, 7) is -2.35. The number of carbonyl (C=O) groups excluding carboxylic acids is 1. The molecular weight excluding hydrogens is 266 g/mol. The van der Waals surface area contributed by atoms with Gasteiger partial charge >= 0.3 is 6.09 Å². The Morgan fingerprint density at radius 1 is 1.62 bits per heavy atom. The van der Waals surface area contributed by atoms with Crippen LogP contribution in [0, 0.1) is 0 Å². The molecule has 112 valence electrons. The molecule has 3 rings (SSSR count). The number of aromatic amines is 1. The third kappa shape index (κ3) is 3.19. The lowest BCUT2D eigenvalue weighted by molar-refractivity contribution is 0.177. The van der Waals surface area contributed by atoms with Crippen LogP contribution in [-0.2, 0) is 17.6 Å². The maximum Gasteiger partial charge on any atom is 0.407 e. The Balaban J connectivity index is 2.24. The molecule has 1 atom stereocenters. The van der Waals surface area contributed by atoms with Crippen molar-refractivity contribution in [2.75, 3.05) is 27.2 Å². The summed E-state index contributed by atoms with van der Waals surface area (Å²) in [5.74, 6) is 0. The number of rotatable bonds is 5. The number of likely N-dealkylation sites (N-methyl/N-ethyl adjacent to an activating group) is 1. The van der Waals surface area contributed by atoms with Gasteiger partial charge in [0, 0.05) is 26.3 Å². The first-order valence-electron chi connectivity index (χ1n) is 10.9. The van der Waals surface area contributed by atoms with Gasteiger partial charge in [0.1, 0.15) is 6.61 Å². The molecule has 1 amide bonds. The van der Waals surface area contributed by atoms with Crippen LogP contribution in [0.1, 0.15) is 20.7 Å². The van der Waals surface area contributed by atoms with E-state index in [4.69, 9.17) is 17.2 Å². The summed E-state index contributed by atoms with van der Waals surface area (Å²) in [7, 11) is 3.02. The van der Waals surface area contributed by atoms with Crippen molar-refractivity contribution in [3.05, 3.63) is 35.4 Å². The third-order valence-electron chi connectivity index (χ3n) is 3.01. The molecule has 0 unspecified atom stereocenters. The molecule has 1 saturated heterocycles. The molecule has 5 heteroatoms. The third-order valence-corrected chi connectivity index (χ3v) is 3.01. The highest BCUT2D eigenvalue weighted by molar-refractivity contribution is 5.84. The summed E-state index contributed by atoms with van der Waals surface area (Å²) < 4.78 is 78.6. The number of cyclic esters (lactones) is 1. The summed E-state index contributed by atoms with van der Waals surface area (Å²) in [6, 6.07) is -3.11. The molecule has 21 heavy (non-hydrogen) atoms. The normalized spacial score (nSPS) is 29.0. The summed E-state index contributed by atoms with van der Waals surface area (Å²) in [5.41, 5.74) is -0.224. The maximum absolute atomic E-state index is 11.5. The van der Waals surface area contributed by atoms with Gasteiger partial charge in [0.05, 0.1) is 12.9 Å². The number of nitrogens with one attached hydrogen (secondary N) is 2. The number of amides is 1. The molecule has 1 aliphatic rings. The van der Waals surface area contributed by atoms with Gasteiger partial charge in [-0.1, -0.05) is 6.04 Å². The molecule has 2 aromatic rings. The Hall–Kier alpha value is -2.01. The molecular formula is C16H21N3O2. The van der Waals surface area contributed by atoms with Crippen molar-refractivity contribution in [2.45, 2.75) is 18.9 Å². The van der Waals surface area contributed by atoms with Crippen molar-refractivity contribution in [1.82, 2.24) is 15.2 Å². The van der Waals surface area contributed by atoms with Crippen molar-refractivity contribution in [3.8, 4) is 0 Å². The fourth-order valence-corrected chi connectivity index (χ4v) is 2.01. The van der Waals surface area contributed by atoms with Crippen LogP contribution in [0.4, 0.5) is 4.79 Å². The van der Waals surface area contributed by atoms with E-state index in [0.29, 0.717) is 10.3 Å². The molecule has 1 aromatic carbocycles. The lowest BCUT2D eigenvalue weighted by atomic mass is 10.0. The number of aryl methyl sites for hydroxylation is 1. The van der Waals surface area contributed by atoms with Crippen molar-refractivity contribution in [1.29, 1.82) is 0 Å². The van der Waals surface area contributed by atoms with Crippen LogP contribution in [0.2, 0.25) is 2.82 Å². The first kappa shape index (κ1) is 6.83. The van der Waals surface area contributed by atoms with Crippen LogP contribution >= 0.6 is 0 Å². The minimum atomic E-state index is -1.90. The summed E-state index contributed by atoms with van der Waals surface area (Å²) in [5, 5.41) is 0.304. The monoisotopic (exact) mass is 296 g/mol. The van der Waals surface area contributed by atoms with E-state index in [0.717, 1.165) is 0 Å². The first-order valence-corrected chi connectivity index (χ1v) is 6.48. The molecule has 0 aliphatic carbocycles. The van der Waals surface area contributed by atoms with Gasteiger partial charge in [-0.05, 0) is 50.1 Å². The lowest BCUT2D eigenvalue weighted by Crippen LogP contribution is -2.28. The highest BCUT2D eigenvalue weighted by Crippen LogP contribution is 2.21. The second-order valence-electron chi connectivity index (χ2n) is 4.92. The Morgan fingerprint density at radius 3 is 3.19 bits per heavy atom. The molecule has 1 fully saturated rings. The standard InChI is InChI=1S/C16H21N3O2/c1-19(2)6-5-12-9-17-15-4-3-11(8-14(12)15)7-13-10-21-16(20)18-13/h3-4,8-9,13,17H,5-7,10H2,1-2H3,(H,18,20)/t13-/m0/s1/i3D,4D,6D2,8D,9D,13D/hD2. The van der Waals surface area contributed by atoms with Crippen LogP contribution in [0.5, 0.6) is 0 Å². The van der Waals surface area contributed by atoms with E-state index in [1.807, 2.05) is 0 Å². The predicted molar refractivity (Wildman–Crippen MR) is 82.5 cm³/mol. The number of fused-ring (bicyclic) bond motifs is 1. The van der Waals surface area contributed by atoms with Gasteiger partial charge in [-0.15, -0.1) is 0 Å². The zero-order valence-corrected chi connectivity index (χ0v) is 11.8. The molecule has 0 spiro atoms. The second kappa shape index (κ2) is 5.77. The second-order valence-corrected chi connectivity index (χ2v) is 4.92. The fourth-order valence-electron chi connectivity index (χ4n) is 2.01. The van der Waals surface area contributed by atoms with E-state index in [1.165, 1.54) is 19.0 Å². The van der Waals surface area contributed by atoms with Gasteiger partial charge in [0.2, 0.25) is 0 Å². The van der Waals surface area contributed by atoms with Crippen molar-refractivity contribution < 1.29 is 22.0 Å². The number of benzene rings is 1. The number of nitrogens with zero attached hydrogens (tertiary/aromatic N) is 1. The van der Waals surface area contributed by atoms with Gasteiger partial charge in [0.25, 0.3) is 0 Å². The molecule has 0 bridgehead atoms. The number of carbonyl (C=O) groups is 1. The van der Waals surface area contributed by atoms with Gasteiger partial charge < -0.3 is 19.9 Å². The minimum Gasteiger partial charge on any atom is -0.447 e. The van der Waals surface area contributed by atoms with E-state index in [2.05, 4.69) is 0 Å². The van der Waals surface area contributed by atoms with Crippen LogP contribution in [0.3, 0.4) is 0 Å². The van der Waals surface area contributed by atoms with Crippen LogP contribution in [0.25, 0.3) is 10.9 Å². The highest BCUT2D eigenvalue weighted by Gasteiger charge is 2.22. The van der Waals surface area contributed by atoms with Gasteiger partial charge in [-0.3, -0.25) is 0 Å². The van der Waals surface area contributed by atoms with Gasteiger partial charge in [-0.25, -0.2) is 4.79 Å². The zero-order chi connectivity index (χ0) is 22.8. The number of ether oxygens (including phenoxy) is 1. The van der Waals surface area contributed by atoms with Crippen LogP contribution in [0.15, 0.2) is 24.3 Å². The van der Waals surface area contributed by atoms with Crippen LogP contribution < -0.4 is 5.31 Å². The number of aromatic nitrogens is 1. The molecule has 2 N–H and O–H groups in total. The van der Waals surface area contributed by atoms with Crippen molar-refractivity contribution in [3.63, 3.8) is 0 Å². The average molecular weight is 296 g/mol. The van der Waals surface area contributed by atoms with Crippen molar-refractivity contribution in [2.24, 2.45) is 0 Å². The Kier molecular flexibility index (Phi) is 1.88. The number of hydrogen-bond acceptors (Lipinski definition) is 3. The number of hydrogen-bond donors (Lipinski definition) is 2. The van der Waals surface area contributed by atoms with E-state index >= 15 is 0 Å². The van der Waals surface area contributed by atoms with E-state index in [9.17, 15) is 4.79 Å². The molecule has 1 aliphatic heterocycles. The van der Waals surface area contributed by atoms with E-state index in [1.54, 1.807) is 0 Å². The van der Waals surface area contributed by atoms with Crippen LogP contribution in [-0.4, -0.2) is 49.2 Å². The first-order chi connectivity index (χ1) is 13.7. The zero-order valence-electron chi connectivity index (χ0n) is 20.8.